The predicted molar refractivity (Wildman–Crippen MR) is 57.1 cm³/mol. The maximum absolute atomic E-state index is 11.7. The van der Waals surface area contributed by atoms with Gasteiger partial charge in [0.25, 0.3) is 5.91 Å². The molecule has 1 aliphatic rings. The van der Waals surface area contributed by atoms with Crippen LogP contribution in [0.15, 0.2) is 16.9 Å². The van der Waals surface area contributed by atoms with E-state index in [0.717, 1.165) is 12.8 Å². The number of methoxy groups -OCH3 is 1. The summed E-state index contributed by atoms with van der Waals surface area (Å²) in [7, 11) is 1.34. The number of esters is 1. The Labute approximate surface area is 98.3 Å². The highest BCUT2D eigenvalue weighted by molar-refractivity contribution is 5.92. The number of rotatable bonds is 5. The van der Waals surface area contributed by atoms with Crippen LogP contribution in [0.1, 0.15) is 29.8 Å². The average Bonchev–Trinajstić information content (AvgIpc) is 3.02. The maximum atomic E-state index is 11.7. The van der Waals surface area contributed by atoms with Crippen molar-refractivity contribution in [2.75, 3.05) is 7.11 Å². The van der Waals surface area contributed by atoms with Crippen molar-refractivity contribution in [2.45, 2.75) is 25.3 Å². The third-order valence-corrected chi connectivity index (χ3v) is 2.79. The molecule has 1 aromatic heterocycles. The number of nitrogens with one attached hydrogen (secondary N) is 1. The van der Waals surface area contributed by atoms with Crippen LogP contribution in [-0.2, 0) is 9.53 Å². The van der Waals surface area contributed by atoms with Crippen LogP contribution in [0.2, 0.25) is 0 Å². The molecule has 0 saturated heterocycles. The Morgan fingerprint density at radius 3 is 2.94 bits per heavy atom. The Balaban J connectivity index is 1.93. The first kappa shape index (κ1) is 11.6. The Bertz CT molecular complexity index is 398. The molecular weight excluding hydrogens is 224 g/mol. The van der Waals surface area contributed by atoms with Crippen LogP contribution in [-0.4, -0.2) is 30.2 Å². The second-order valence-corrected chi connectivity index (χ2v) is 4.08. The summed E-state index contributed by atoms with van der Waals surface area (Å²) in [6, 6.07) is 1.31. The van der Waals surface area contributed by atoms with E-state index < -0.39 is 0 Å². The van der Waals surface area contributed by atoms with Gasteiger partial charge < -0.3 is 14.6 Å². The topological polar surface area (TPSA) is 81.4 Å². The number of nitrogens with zero attached hydrogens (tertiary/aromatic N) is 1. The van der Waals surface area contributed by atoms with Crippen LogP contribution < -0.4 is 5.32 Å². The van der Waals surface area contributed by atoms with Crippen LogP contribution in [0.3, 0.4) is 0 Å². The lowest BCUT2D eigenvalue weighted by atomic mass is 10.1. The number of hydrogen-bond acceptors (Lipinski definition) is 5. The molecule has 1 aromatic rings. The van der Waals surface area contributed by atoms with E-state index >= 15 is 0 Å². The van der Waals surface area contributed by atoms with Crippen LogP contribution >= 0.6 is 0 Å². The summed E-state index contributed by atoms with van der Waals surface area (Å²) >= 11 is 0. The summed E-state index contributed by atoms with van der Waals surface area (Å²) in [5.41, 5.74) is 0.223. The van der Waals surface area contributed by atoms with Gasteiger partial charge in [-0.1, -0.05) is 5.16 Å². The van der Waals surface area contributed by atoms with E-state index in [1.165, 1.54) is 19.4 Å². The molecule has 1 aliphatic carbocycles. The Hall–Kier alpha value is -1.85. The third-order valence-electron chi connectivity index (χ3n) is 2.79. The maximum Gasteiger partial charge on any atom is 0.307 e. The standard InChI is InChI=1S/C11H14N2O4/c1-16-10(14)6-9(7-2-3-7)12-11(15)8-4-5-17-13-8/h4-5,7,9H,2-3,6H2,1H3,(H,12,15)/t9-/m0/s1. The lowest BCUT2D eigenvalue weighted by molar-refractivity contribution is -0.141. The SMILES string of the molecule is COC(=O)C[C@H](NC(=O)c1ccon1)C1CC1. The van der Waals surface area contributed by atoms with Gasteiger partial charge >= 0.3 is 5.97 Å². The highest BCUT2D eigenvalue weighted by Gasteiger charge is 2.34. The number of carbonyl (C=O) groups excluding carboxylic acids is 2. The van der Waals surface area contributed by atoms with Gasteiger partial charge in [0.2, 0.25) is 0 Å². The summed E-state index contributed by atoms with van der Waals surface area (Å²) in [4.78, 5) is 22.9. The minimum atomic E-state index is -0.320. The summed E-state index contributed by atoms with van der Waals surface area (Å²) in [6.45, 7) is 0. The molecule has 1 fully saturated rings. The van der Waals surface area contributed by atoms with Gasteiger partial charge in [-0.25, -0.2) is 0 Å². The van der Waals surface area contributed by atoms with Crippen molar-refractivity contribution in [3.63, 3.8) is 0 Å². The Morgan fingerprint density at radius 2 is 2.41 bits per heavy atom. The number of amides is 1. The molecule has 1 amide bonds. The molecule has 1 saturated carbocycles. The van der Waals surface area contributed by atoms with Gasteiger partial charge in [0.05, 0.1) is 13.5 Å². The van der Waals surface area contributed by atoms with Crippen molar-refractivity contribution < 1.29 is 18.8 Å². The summed E-state index contributed by atoms with van der Waals surface area (Å²) in [5.74, 6) is -0.271. The molecule has 0 radical (unpaired) electrons. The lowest BCUT2D eigenvalue weighted by Crippen LogP contribution is -2.38. The van der Waals surface area contributed by atoms with Gasteiger partial charge in [-0.15, -0.1) is 0 Å². The van der Waals surface area contributed by atoms with Gasteiger partial charge in [-0.2, -0.15) is 0 Å². The first-order valence-electron chi connectivity index (χ1n) is 5.48. The minimum absolute atomic E-state index is 0.174. The monoisotopic (exact) mass is 238 g/mol. The molecule has 92 valence electrons. The third kappa shape index (κ3) is 3.05. The fourth-order valence-electron chi connectivity index (χ4n) is 1.67. The molecule has 2 rings (SSSR count). The van der Waals surface area contributed by atoms with Gasteiger partial charge in [-0.3, -0.25) is 9.59 Å². The molecule has 17 heavy (non-hydrogen) atoms. The fourth-order valence-corrected chi connectivity index (χ4v) is 1.67. The van der Waals surface area contributed by atoms with Crippen LogP contribution in [0, 0.1) is 5.92 Å². The Kier molecular flexibility index (Phi) is 3.41. The molecule has 0 aliphatic heterocycles. The van der Waals surface area contributed by atoms with E-state index in [1.54, 1.807) is 0 Å². The zero-order chi connectivity index (χ0) is 12.3. The molecule has 1 atom stereocenters. The fraction of sp³-hybridized carbons (Fsp3) is 0.545. The Morgan fingerprint density at radius 1 is 1.65 bits per heavy atom. The second kappa shape index (κ2) is 4.99. The van der Waals surface area contributed by atoms with E-state index in [1.807, 2.05) is 0 Å². The number of carbonyl (C=O) groups is 2. The minimum Gasteiger partial charge on any atom is -0.469 e. The lowest BCUT2D eigenvalue weighted by Gasteiger charge is -2.15. The van der Waals surface area contributed by atoms with E-state index in [2.05, 4.69) is 19.7 Å². The molecule has 1 heterocycles. The first-order valence-corrected chi connectivity index (χ1v) is 5.48. The van der Waals surface area contributed by atoms with Crippen molar-refractivity contribution in [3.8, 4) is 0 Å². The van der Waals surface area contributed by atoms with Crippen LogP contribution in [0.5, 0.6) is 0 Å². The van der Waals surface area contributed by atoms with Gasteiger partial charge in [0, 0.05) is 12.1 Å². The quantitative estimate of drug-likeness (QED) is 0.765. The van der Waals surface area contributed by atoms with Gasteiger partial charge in [0.1, 0.15) is 6.26 Å². The smallest absolute Gasteiger partial charge is 0.307 e. The first-order chi connectivity index (χ1) is 8.20. The average molecular weight is 238 g/mol. The predicted octanol–water partition coefficient (Wildman–Crippen LogP) is 0.746. The normalized spacial score (nSPS) is 16.3. The van der Waals surface area contributed by atoms with Crippen molar-refractivity contribution in [1.82, 2.24) is 10.5 Å². The highest BCUT2D eigenvalue weighted by atomic mass is 16.5. The number of ether oxygens (including phenoxy) is 1. The van der Waals surface area contributed by atoms with Crippen molar-refractivity contribution in [3.05, 3.63) is 18.0 Å². The molecular formula is C11H14N2O4. The summed E-state index contributed by atoms with van der Waals surface area (Å²) in [6.07, 6.45) is 3.59. The van der Waals surface area contributed by atoms with Crippen molar-refractivity contribution in [1.29, 1.82) is 0 Å². The summed E-state index contributed by atoms with van der Waals surface area (Å²) < 4.78 is 9.20. The van der Waals surface area contributed by atoms with E-state index in [0.29, 0.717) is 5.92 Å². The molecule has 0 unspecified atom stereocenters. The zero-order valence-electron chi connectivity index (χ0n) is 9.51. The molecule has 0 spiro atoms. The second-order valence-electron chi connectivity index (χ2n) is 4.08. The van der Waals surface area contributed by atoms with Crippen molar-refractivity contribution >= 4 is 11.9 Å². The van der Waals surface area contributed by atoms with E-state index in [4.69, 9.17) is 0 Å². The van der Waals surface area contributed by atoms with Crippen LogP contribution in [0.25, 0.3) is 0 Å². The van der Waals surface area contributed by atoms with Gasteiger partial charge in [-0.05, 0) is 18.8 Å². The largest absolute Gasteiger partial charge is 0.469 e. The zero-order valence-corrected chi connectivity index (χ0v) is 9.51. The molecule has 0 bridgehead atoms. The molecule has 1 N–H and O–H groups in total. The molecule has 6 heteroatoms. The molecule has 6 nitrogen and oxygen atoms in total. The highest BCUT2D eigenvalue weighted by Crippen LogP contribution is 2.34. The summed E-state index contributed by atoms with van der Waals surface area (Å²) in [5, 5.41) is 6.33. The van der Waals surface area contributed by atoms with E-state index in [9.17, 15) is 9.59 Å². The number of aromatic nitrogens is 1. The number of hydrogen-bond donors (Lipinski definition) is 1. The van der Waals surface area contributed by atoms with Crippen LogP contribution in [0.4, 0.5) is 0 Å². The van der Waals surface area contributed by atoms with Gasteiger partial charge in [0.15, 0.2) is 5.69 Å². The molecule has 0 aromatic carbocycles. The van der Waals surface area contributed by atoms with E-state index in [-0.39, 0.29) is 30.0 Å². The van der Waals surface area contributed by atoms with Crippen molar-refractivity contribution in [2.24, 2.45) is 5.92 Å².